The molecule has 0 bridgehead atoms. The van der Waals surface area contributed by atoms with E-state index in [2.05, 4.69) is 61.5 Å². The second-order valence-electron chi connectivity index (χ2n) is 7.04. The molecule has 1 atom stereocenters. The molecule has 0 heteroatoms. The zero-order valence-corrected chi connectivity index (χ0v) is 13.8. The molecule has 0 heterocycles. The van der Waals surface area contributed by atoms with Gasteiger partial charge in [-0.15, -0.1) is 0 Å². The van der Waals surface area contributed by atoms with Crippen LogP contribution in [0.2, 0.25) is 0 Å². The lowest BCUT2D eigenvalue weighted by molar-refractivity contribution is 0.356. The molecule has 0 aliphatic heterocycles. The van der Waals surface area contributed by atoms with E-state index in [4.69, 9.17) is 0 Å². The van der Waals surface area contributed by atoms with Gasteiger partial charge in [-0.05, 0) is 41.4 Å². The van der Waals surface area contributed by atoms with Crippen LogP contribution in [0, 0.1) is 5.92 Å². The lowest BCUT2D eigenvalue weighted by atomic mass is 9.84. The highest BCUT2D eigenvalue weighted by atomic mass is 14.2. The second-order valence-corrected chi connectivity index (χ2v) is 7.04. The summed E-state index contributed by atoms with van der Waals surface area (Å²) < 4.78 is 0. The van der Waals surface area contributed by atoms with Crippen LogP contribution in [0.5, 0.6) is 0 Å². The summed E-state index contributed by atoms with van der Waals surface area (Å²) in [5, 5.41) is 0. The van der Waals surface area contributed by atoms with E-state index in [1.165, 1.54) is 55.2 Å². The van der Waals surface area contributed by atoms with E-state index in [9.17, 15) is 0 Å². The summed E-state index contributed by atoms with van der Waals surface area (Å²) in [5.74, 6) is 1.52. The summed E-state index contributed by atoms with van der Waals surface area (Å²) in [5.41, 5.74) is 4.43. The van der Waals surface area contributed by atoms with E-state index in [-0.39, 0.29) is 0 Å². The first-order valence-electron chi connectivity index (χ1n) is 8.94. The summed E-state index contributed by atoms with van der Waals surface area (Å²) in [6.45, 7) is 2.34. The third-order valence-electron chi connectivity index (χ3n) is 5.18. The average molecular weight is 292 g/mol. The molecule has 0 nitrogen and oxygen atoms in total. The summed E-state index contributed by atoms with van der Waals surface area (Å²) in [7, 11) is 0. The van der Waals surface area contributed by atoms with Crippen LogP contribution in [-0.4, -0.2) is 0 Å². The quantitative estimate of drug-likeness (QED) is 0.619. The molecule has 1 unspecified atom stereocenters. The van der Waals surface area contributed by atoms with Crippen LogP contribution in [0.25, 0.3) is 0 Å². The Morgan fingerprint density at radius 3 is 2.18 bits per heavy atom. The van der Waals surface area contributed by atoms with Crippen LogP contribution in [0.15, 0.2) is 54.6 Å². The fourth-order valence-corrected chi connectivity index (χ4v) is 3.79. The van der Waals surface area contributed by atoms with Gasteiger partial charge in [0.05, 0.1) is 0 Å². The first-order chi connectivity index (χ1) is 10.8. The molecule has 1 aliphatic rings. The molecule has 2 aromatic carbocycles. The molecule has 3 rings (SSSR count). The third-order valence-corrected chi connectivity index (χ3v) is 5.18. The molecule has 22 heavy (non-hydrogen) atoms. The maximum absolute atomic E-state index is 2.37. The first kappa shape index (κ1) is 15.3. The minimum absolute atomic E-state index is 0.589. The fraction of sp³-hybridized carbons (Fsp3) is 0.455. The van der Waals surface area contributed by atoms with Crippen molar-refractivity contribution in [2.24, 2.45) is 5.92 Å². The van der Waals surface area contributed by atoms with Crippen molar-refractivity contribution in [3.05, 3.63) is 71.3 Å². The Kier molecular flexibility index (Phi) is 5.32. The number of rotatable bonds is 5. The van der Waals surface area contributed by atoms with Crippen LogP contribution >= 0.6 is 0 Å². The number of hydrogen-bond acceptors (Lipinski definition) is 0. The molecule has 0 aromatic heterocycles. The summed E-state index contributed by atoms with van der Waals surface area (Å²) in [6.07, 6.45) is 9.62. The largest absolute Gasteiger partial charge is 0.0622 e. The molecule has 0 amide bonds. The Hall–Kier alpha value is -1.56. The van der Waals surface area contributed by atoms with Crippen molar-refractivity contribution in [2.45, 2.75) is 57.8 Å². The van der Waals surface area contributed by atoms with Crippen LogP contribution < -0.4 is 0 Å². The van der Waals surface area contributed by atoms with Crippen LogP contribution in [0.3, 0.4) is 0 Å². The molecule has 1 saturated carbocycles. The molecular weight excluding hydrogens is 264 g/mol. The van der Waals surface area contributed by atoms with Crippen molar-refractivity contribution in [3.8, 4) is 0 Å². The van der Waals surface area contributed by atoms with E-state index < -0.39 is 0 Å². The van der Waals surface area contributed by atoms with Gasteiger partial charge in [-0.3, -0.25) is 0 Å². The molecule has 1 aliphatic carbocycles. The highest BCUT2D eigenvalue weighted by molar-refractivity contribution is 5.27. The Morgan fingerprint density at radius 2 is 1.50 bits per heavy atom. The molecule has 0 radical (unpaired) electrons. The fourth-order valence-electron chi connectivity index (χ4n) is 3.79. The van der Waals surface area contributed by atoms with Gasteiger partial charge >= 0.3 is 0 Å². The van der Waals surface area contributed by atoms with E-state index >= 15 is 0 Å². The van der Waals surface area contributed by atoms with Crippen LogP contribution in [-0.2, 0) is 12.8 Å². The van der Waals surface area contributed by atoms with Crippen molar-refractivity contribution in [1.29, 1.82) is 0 Å². The predicted octanol–water partition coefficient (Wildman–Crippen LogP) is 6.16. The molecule has 1 fully saturated rings. The SMILES string of the molecule is CC(Cc1ccccc1)c1ccc(CC2CCCCC2)cc1. The van der Waals surface area contributed by atoms with Gasteiger partial charge in [0, 0.05) is 0 Å². The smallest absolute Gasteiger partial charge is 0.0150 e. The molecule has 116 valence electrons. The topological polar surface area (TPSA) is 0 Å². The summed E-state index contributed by atoms with van der Waals surface area (Å²) >= 11 is 0. The highest BCUT2D eigenvalue weighted by Gasteiger charge is 2.14. The predicted molar refractivity (Wildman–Crippen MR) is 95.3 cm³/mol. The standard InChI is InChI=1S/C22H28/c1-18(16-19-8-4-2-5-9-19)22-14-12-21(13-15-22)17-20-10-6-3-7-11-20/h2,4-5,8-9,12-15,18,20H,3,6-7,10-11,16-17H2,1H3. The van der Waals surface area contributed by atoms with Crippen molar-refractivity contribution >= 4 is 0 Å². The van der Waals surface area contributed by atoms with Gasteiger partial charge in [-0.1, -0.05) is 93.6 Å². The zero-order chi connectivity index (χ0) is 15.2. The van der Waals surface area contributed by atoms with Gasteiger partial charge in [-0.25, -0.2) is 0 Å². The Labute approximate surface area is 135 Å². The summed E-state index contributed by atoms with van der Waals surface area (Å²) in [4.78, 5) is 0. The molecular formula is C22H28. The number of benzene rings is 2. The van der Waals surface area contributed by atoms with Crippen LogP contribution in [0.1, 0.15) is 61.6 Å². The summed E-state index contributed by atoms with van der Waals surface area (Å²) in [6, 6.07) is 20.3. The van der Waals surface area contributed by atoms with Gasteiger partial charge in [0.25, 0.3) is 0 Å². The van der Waals surface area contributed by atoms with Crippen molar-refractivity contribution < 1.29 is 0 Å². The lowest BCUT2D eigenvalue weighted by Gasteiger charge is -2.21. The Bertz CT molecular complexity index is 546. The van der Waals surface area contributed by atoms with E-state index in [0.29, 0.717) is 5.92 Å². The average Bonchev–Trinajstić information content (AvgIpc) is 2.57. The zero-order valence-electron chi connectivity index (χ0n) is 13.8. The van der Waals surface area contributed by atoms with Gasteiger partial charge in [0.15, 0.2) is 0 Å². The second kappa shape index (κ2) is 7.63. The van der Waals surface area contributed by atoms with Crippen molar-refractivity contribution in [3.63, 3.8) is 0 Å². The Balaban J connectivity index is 1.58. The lowest BCUT2D eigenvalue weighted by Crippen LogP contribution is -2.09. The maximum Gasteiger partial charge on any atom is -0.0150 e. The van der Waals surface area contributed by atoms with Gasteiger partial charge < -0.3 is 0 Å². The van der Waals surface area contributed by atoms with E-state index in [1.807, 2.05) is 0 Å². The normalized spacial score (nSPS) is 17.3. The van der Waals surface area contributed by atoms with Crippen molar-refractivity contribution in [2.75, 3.05) is 0 Å². The van der Waals surface area contributed by atoms with E-state index in [1.54, 1.807) is 0 Å². The maximum atomic E-state index is 2.37. The van der Waals surface area contributed by atoms with Crippen LogP contribution in [0.4, 0.5) is 0 Å². The minimum atomic E-state index is 0.589. The van der Waals surface area contributed by atoms with Crippen molar-refractivity contribution in [1.82, 2.24) is 0 Å². The minimum Gasteiger partial charge on any atom is -0.0622 e. The van der Waals surface area contributed by atoms with E-state index in [0.717, 1.165) is 12.3 Å². The molecule has 0 saturated heterocycles. The van der Waals surface area contributed by atoms with Gasteiger partial charge in [0.2, 0.25) is 0 Å². The molecule has 0 N–H and O–H groups in total. The Morgan fingerprint density at radius 1 is 0.818 bits per heavy atom. The highest BCUT2D eigenvalue weighted by Crippen LogP contribution is 2.27. The first-order valence-corrected chi connectivity index (χ1v) is 8.94. The number of hydrogen-bond donors (Lipinski definition) is 0. The third kappa shape index (κ3) is 4.22. The van der Waals surface area contributed by atoms with Gasteiger partial charge in [-0.2, -0.15) is 0 Å². The monoisotopic (exact) mass is 292 g/mol. The molecule has 0 spiro atoms. The van der Waals surface area contributed by atoms with Gasteiger partial charge in [0.1, 0.15) is 0 Å². The molecule has 2 aromatic rings.